The maximum Gasteiger partial charge on any atom is 0.308 e. The van der Waals surface area contributed by atoms with Crippen LogP contribution in [0.15, 0.2) is 24.3 Å². The number of ether oxygens (including phenoxy) is 2. The lowest BCUT2D eigenvalue weighted by molar-refractivity contribution is -0.147. The van der Waals surface area contributed by atoms with Crippen LogP contribution in [-0.2, 0) is 16.1 Å². The molecule has 1 N–H and O–H groups in total. The Balaban J connectivity index is 2.49. The lowest BCUT2D eigenvalue weighted by Crippen LogP contribution is -2.28. The summed E-state index contributed by atoms with van der Waals surface area (Å²) >= 11 is 0. The molecule has 0 aliphatic carbocycles. The van der Waals surface area contributed by atoms with Crippen LogP contribution in [0.2, 0.25) is 0 Å². The summed E-state index contributed by atoms with van der Waals surface area (Å²) in [6, 6.07) is 7.67. The molecule has 0 saturated heterocycles. The SMILES string of the molecule is CCCCCCC[C@@H](OCc1ccc(OC)cc1)[C@H](C)C(=O)O. The molecule has 1 aromatic rings. The average molecular weight is 322 g/mol. The zero-order valence-electron chi connectivity index (χ0n) is 14.6. The first kappa shape index (κ1) is 19.5. The molecule has 0 radical (unpaired) electrons. The van der Waals surface area contributed by atoms with Crippen LogP contribution in [-0.4, -0.2) is 24.3 Å². The van der Waals surface area contributed by atoms with Crippen molar-refractivity contribution >= 4 is 5.97 Å². The molecule has 4 heteroatoms. The van der Waals surface area contributed by atoms with Crippen molar-refractivity contribution in [1.29, 1.82) is 0 Å². The summed E-state index contributed by atoms with van der Waals surface area (Å²) in [5, 5.41) is 9.26. The van der Waals surface area contributed by atoms with Gasteiger partial charge in [-0.25, -0.2) is 0 Å². The Bertz CT molecular complexity index is 441. The molecular formula is C19H30O4. The Hall–Kier alpha value is -1.55. The topological polar surface area (TPSA) is 55.8 Å². The van der Waals surface area contributed by atoms with Crippen LogP contribution in [0.3, 0.4) is 0 Å². The van der Waals surface area contributed by atoms with E-state index in [1.807, 2.05) is 24.3 Å². The molecule has 0 aromatic heterocycles. The molecule has 0 fully saturated rings. The molecule has 4 nitrogen and oxygen atoms in total. The fraction of sp³-hybridized carbons (Fsp3) is 0.632. The van der Waals surface area contributed by atoms with E-state index in [0.29, 0.717) is 6.61 Å². The highest BCUT2D eigenvalue weighted by Gasteiger charge is 2.24. The summed E-state index contributed by atoms with van der Waals surface area (Å²) in [5.41, 5.74) is 1.03. The maximum atomic E-state index is 11.3. The van der Waals surface area contributed by atoms with Crippen LogP contribution in [0.5, 0.6) is 5.75 Å². The summed E-state index contributed by atoms with van der Waals surface area (Å²) in [6.45, 7) is 4.35. The number of aliphatic carboxylic acids is 1. The fourth-order valence-electron chi connectivity index (χ4n) is 2.51. The largest absolute Gasteiger partial charge is 0.497 e. The number of carbonyl (C=O) groups is 1. The zero-order chi connectivity index (χ0) is 17.1. The van der Waals surface area contributed by atoms with E-state index in [-0.39, 0.29) is 6.10 Å². The second kappa shape index (κ2) is 11.1. The van der Waals surface area contributed by atoms with Gasteiger partial charge in [0.2, 0.25) is 0 Å². The van der Waals surface area contributed by atoms with Gasteiger partial charge in [0.15, 0.2) is 0 Å². The number of hydrogen-bond acceptors (Lipinski definition) is 3. The second-order valence-electron chi connectivity index (χ2n) is 6.03. The highest BCUT2D eigenvalue weighted by atomic mass is 16.5. The van der Waals surface area contributed by atoms with Gasteiger partial charge in [-0.15, -0.1) is 0 Å². The average Bonchev–Trinajstić information content (AvgIpc) is 2.57. The van der Waals surface area contributed by atoms with E-state index in [1.165, 1.54) is 19.3 Å². The van der Waals surface area contributed by atoms with Crippen molar-refractivity contribution in [3.8, 4) is 5.75 Å². The molecule has 0 unspecified atom stereocenters. The van der Waals surface area contributed by atoms with Gasteiger partial charge in [-0.1, -0.05) is 51.2 Å². The van der Waals surface area contributed by atoms with Gasteiger partial charge in [0, 0.05) is 0 Å². The predicted octanol–water partition coefficient (Wildman–Crippen LogP) is 4.66. The maximum absolute atomic E-state index is 11.3. The first-order valence-corrected chi connectivity index (χ1v) is 8.55. The predicted molar refractivity (Wildman–Crippen MR) is 91.7 cm³/mol. The van der Waals surface area contributed by atoms with Crippen molar-refractivity contribution in [2.75, 3.05) is 7.11 Å². The van der Waals surface area contributed by atoms with E-state index < -0.39 is 11.9 Å². The third kappa shape index (κ3) is 7.51. The van der Waals surface area contributed by atoms with E-state index in [9.17, 15) is 9.90 Å². The highest BCUT2D eigenvalue weighted by molar-refractivity contribution is 5.70. The Morgan fingerprint density at radius 3 is 2.35 bits per heavy atom. The van der Waals surface area contributed by atoms with Crippen molar-refractivity contribution < 1.29 is 19.4 Å². The highest BCUT2D eigenvalue weighted by Crippen LogP contribution is 2.19. The number of rotatable bonds is 12. The van der Waals surface area contributed by atoms with E-state index in [4.69, 9.17) is 9.47 Å². The van der Waals surface area contributed by atoms with Crippen LogP contribution in [0.1, 0.15) is 57.9 Å². The molecule has 0 aliphatic rings. The molecule has 1 aromatic carbocycles. The number of carboxylic acids is 1. The van der Waals surface area contributed by atoms with Gasteiger partial charge in [-0.3, -0.25) is 4.79 Å². The third-order valence-corrected chi connectivity index (χ3v) is 4.16. The summed E-state index contributed by atoms with van der Waals surface area (Å²) in [7, 11) is 1.63. The Morgan fingerprint density at radius 2 is 1.78 bits per heavy atom. The van der Waals surface area contributed by atoms with Gasteiger partial charge < -0.3 is 14.6 Å². The second-order valence-corrected chi connectivity index (χ2v) is 6.03. The number of benzene rings is 1. The molecule has 0 bridgehead atoms. The summed E-state index contributed by atoms with van der Waals surface area (Å²) < 4.78 is 11.0. The molecule has 23 heavy (non-hydrogen) atoms. The first-order valence-electron chi connectivity index (χ1n) is 8.55. The molecule has 0 amide bonds. The fourth-order valence-corrected chi connectivity index (χ4v) is 2.51. The Morgan fingerprint density at radius 1 is 1.13 bits per heavy atom. The van der Waals surface area contributed by atoms with E-state index >= 15 is 0 Å². The minimum absolute atomic E-state index is 0.240. The molecule has 1 rings (SSSR count). The Kier molecular flexibility index (Phi) is 9.37. The zero-order valence-corrected chi connectivity index (χ0v) is 14.6. The molecule has 2 atom stereocenters. The number of hydrogen-bond donors (Lipinski definition) is 1. The lowest BCUT2D eigenvalue weighted by Gasteiger charge is -2.22. The van der Waals surface area contributed by atoms with Crippen molar-refractivity contribution in [3.05, 3.63) is 29.8 Å². The van der Waals surface area contributed by atoms with Gasteiger partial charge in [0.25, 0.3) is 0 Å². The van der Waals surface area contributed by atoms with Crippen LogP contribution < -0.4 is 4.74 Å². The van der Waals surface area contributed by atoms with Gasteiger partial charge in [-0.05, 0) is 31.0 Å². The van der Waals surface area contributed by atoms with Gasteiger partial charge >= 0.3 is 5.97 Å². The molecule has 0 saturated carbocycles. The van der Waals surface area contributed by atoms with Crippen molar-refractivity contribution in [1.82, 2.24) is 0 Å². The lowest BCUT2D eigenvalue weighted by atomic mass is 9.98. The molecule has 0 heterocycles. The number of carboxylic acid groups (broad SMARTS) is 1. The van der Waals surface area contributed by atoms with Crippen LogP contribution in [0, 0.1) is 5.92 Å². The van der Waals surface area contributed by atoms with E-state index in [0.717, 1.165) is 30.6 Å². The van der Waals surface area contributed by atoms with Gasteiger partial charge in [-0.2, -0.15) is 0 Å². The minimum atomic E-state index is -0.793. The Labute approximate surface area is 139 Å². The molecule has 130 valence electrons. The molecule has 0 spiro atoms. The van der Waals surface area contributed by atoms with Crippen LogP contribution in [0.25, 0.3) is 0 Å². The number of methoxy groups -OCH3 is 1. The van der Waals surface area contributed by atoms with E-state index in [2.05, 4.69) is 6.92 Å². The standard InChI is InChI=1S/C19H30O4/c1-4-5-6-7-8-9-18(15(2)19(20)21)23-14-16-10-12-17(22-3)13-11-16/h10-13,15,18H,4-9,14H2,1-3H3,(H,20,21)/t15-,18+/m0/s1. The van der Waals surface area contributed by atoms with Gasteiger partial charge in [0.1, 0.15) is 5.75 Å². The monoisotopic (exact) mass is 322 g/mol. The van der Waals surface area contributed by atoms with E-state index in [1.54, 1.807) is 14.0 Å². The quantitative estimate of drug-likeness (QED) is 0.569. The molecular weight excluding hydrogens is 292 g/mol. The minimum Gasteiger partial charge on any atom is -0.497 e. The molecule has 0 aliphatic heterocycles. The van der Waals surface area contributed by atoms with Crippen molar-refractivity contribution in [2.24, 2.45) is 5.92 Å². The third-order valence-electron chi connectivity index (χ3n) is 4.16. The summed E-state index contributed by atoms with van der Waals surface area (Å²) in [6.07, 6.45) is 6.38. The first-order chi connectivity index (χ1) is 11.1. The summed E-state index contributed by atoms with van der Waals surface area (Å²) in [4.78, 5) is 11.3. The normalized spacial score (nSPS) is 13.5. The van der Waals surface area contributed by atoms with Gasteiger partial charge in [0.05, 0.1) is 25.7 Å². The van der Waals surface area contributed by atoms with Crippen molar-refractivity contribution in [2.45, 2.75) is 65.1 Å². The van der Waals surface area contributed by atoms with Crippen LogP contribution in [0.4, 0.5) is 0 Å². The van der Waals surface area contributed by atoms with Crippen LogP contribution >= 0.6 is 0 Å². The number of unbranched alkanes of at least 4 members (excludes halogenated alkanes) is 4. The summed E-state index contributed by atoms with van der Waals surface area (Å²) in [5.74, 6) is -0.474. The van der Waals surface area contributed by atoms with Crippen molar-refractivity contribution in [3.63, 3.8) is 0 Å². The smallest absolute Gasteiger partial charge is 0.308 e.